The van der Waals surface area contributed by atoms with Crippen molar-refractivity contribution in [1.29, 1.82) is 0 Å². The normalized spacial score (nSPS) is 17.4. The van der Waals surface area contributed by atoms with E-state index in [1.165, 1.54) is 17.3 Å². The Bertz CT molecular complexity index is 431. The molecule has 0 fully saturated rings. The first kappa shape index (κ1) is 13.6. The van der Waals surface area contributed by atoms with Crippen LogP contribution in [-0.2, 0) is 4.74 Å². The zero-order valence-corrected chi connectivity index (χ0v) is 12.6. The molecule has 1 heterocycles. The number of halogens is 1. The largest absolute Gasteiger partial charge is 0.497 e. The molecule has 1 aromatic carbocycles. The fourth-order valence-corrected chi connectivity index (χ4v) is 2.73. The number of esters is 1. The second-order valence-corrected chi connectivity index (χ2v) is 5.46. The molecule has 1 aromatic rings. The Morgan fingerprint density at radius 1 is 1.33 bits per heavy atom. The molecule has 0 bridgehead atoms. The predicted octanol–water partition coefficient (Wildman–Crippen LogP) is 3.90. The minimum absolute atomic E-state index is 0.0624. The minimum Gasteiger partial charge on any atom is -0.497 e. The van der Waals surface area contributed by atoms with Crippen LogP contribution in [0, 0.1) is 0 Å². The van der Waals surface area contributed by atoms with Gasteiger partial charge in [-0.05, 0) is 35.8 Å². The first-order chi connectivity index (χ1) is 8.76. The Hall–Kier alpha value is -0.780. The highest BCUT2D eigenvalue weighted by molar-refractivity contribution is 14.1. The minimum atomic E-state index is -0.220. The van der Waals surface area contributed by atoms with Crippen molar-refractivity contribution in [3.8, 4) is 5.75 Å². The Morgan fingerprint density at radius 3 is 2.89 bits per heavy atom. The van der Waals surface area contributed by atoms with Crippen molar-refractivity contribution >= 4 is 28.6 Å². The topological polar surface area (TPSA) is 35.5 Å². The third-order valence-corrected chi connectivity index (χ3v) is 3.94. The Kier molecular flexibility index (Phi) is 4.86. The van der Waals surface area contributed by atoms with Crippen molar-refractivity contribution < 1.29 is 14.3 Å². The van der Waals surface area contributed by atoms with Crippen LogP contribution in [-0.4, -0.2) is 17.5 Å². The molecule has 1 aliphatic rings. The molecule has 0 amide bonds. The van der Waals surface area contributed by atoms with E-state index in [0.717, 1.165) is 18.4 Å². The lowest BCUT2D eigenvalue weighted by molar-refractivity contribution is 0.0363. The predicted molar refractivity (Wildman–Crippen MR) is 78.5 cm³/mol. The number of ether oxygens (including phenoxy) is 2. The summed E-state index contributed by atoms with van der Waals surface area (Å²) in [7, 11) is 1.60. The van der Waals surface area contributed by atoms with Crippen LogP contribution in [0.15, 0.2) is 18.2 Å². The third-order valence-electron chi connectivity index (χ3n) is 3.18. The number of hydrogen-bond donors (Lipinski definition) is 0. The number of alkyl halides is 1. The fourth-order valence-electron chi connectivity index (χ4n) is 2.19. The second kappa shape index (κ2) is 6.41. The van der Waals surface area contributed by atoms with Crippen molar-refractivity contribution in [2.24, 2.45) is 0 Å². The molecule has 4 heteroatoms. The zero-order chi connectivity index (χ0) is 13.0. The lowest BCUT2D eigenvalue weighted by Gasteiger charge is -2.10. The van der Waals surface area contributed by atoms with Gasteiger partial charge in [-0.3, -0.25) is 0 Å². The third kappa shape index (κ3) is 2.96. The van der Waals surface area contributed by atoms with Crippen LogP contribution in [0.5, 0.6) is 5.75 Å². The SMILES string of the molecule is COc1ccc2c(c1)C(=O)OC2CCCCCI. The number of carbonyl (C=O) groups is 1. The van der Waals surface area contributed by atoms with Gasteiger partial charge >= 0.3 is 5.97 Å². The number of rotatable bonds is 6. The smallest absolute Gasteiger partial charge is 0.339 e. The van der Waals surface area contributed by atoms with Gasteiger partial charge in [0.25, 0.3) is 0 Å². The molecule has 0 aromatic heterocycles. The highest BCUT2D eigenvalue weighted by Gasteiger charge is 2.30. The average molecular weight is 360 g/mol. The Labute approximate surface area is 121 Å². The highest BCUT2D eigenvalue weighted by Crippen LogP contribution is 2.36. The van der Waals surface area contributed by atoms with Crippen molar-refractivity contribution in [2.75, 3.05) is 11.5 Å². The number of hydrogen-bond acceptors (Lipinski definition) is 3. The molecule has 18 heavy (non-hydrogen) atoms. The molecule has 1 atom stereocenters. The standard InChI is InChI=1S/C14H17IO3/c1-17-10-6-7-11-12(9-10)14(16)18-13(11)5-3-2-4-8-15/h6-7,9,13H,2-5,8H2,1H3. The van der Waals surface area contributed by atoms with Gasteiger partial charge in [-0.15, -0.1) is 0 Å². The molecule has 0 N–H and O–H groups in total. The summed E-state index contributed by atoms with van der Waals surface area (Å²) in [6.07, 6.45) is 4.39. The molecule has 2 rings (SSSR count). The average Bonchev–Trinajstić information content (AvgIpc) is 2.71. The highest BCUT2D eigenvalue weighted by atomic mass is 127. The van der Waals surface area contributed by atoms with Crippen molar-refractivity contribution in [2.45, 2.75) is 31.8 Å². The van der Waals surface area contributed by atoms with Gasteiger partial charge in [-0.25, -0.2) is 4.79 Å². The van der Waals surface area contributed by atoms with Crippen molar-refractivity contribution in [3.05, 3.63) is 29.3 Å². The Balaban J connectivity index is 2.03. The van der Waals surface area contributed by atoms with E-state index in [4.69, 9.17) is 9.47 Å². The molecule has 1 unspecified atom stereocenters. The van der Waals surface area contributed by atoms with Gasteiger partial charge in [0.15, 0.2) is 0 Å². The monoisotopic (exact) mass is 360 g/mol. The number of fused-ring (bicyclic) bond motifs is 1. The summed E-state index contributed by atoms with van der Waals surface area (Å²) in [5, 5.41) is 0. The molecular weight excluding hydrogens is 343 g/mol. The number of unbranched alkanes of at least 4 members (excludes halogenated alkanes) is 2. The van der Waals surface area contributed by atoms with E-state index < -0.39 is 0 Å². The summed E-state index contributed by atoms with van der Waals surface area (Å²) in [4.78, 5) is 11.8. The zero-order valence-electron chi connectivity index (χ0n) is 10.4. The van der Waals surface area contributed by atoms with Gasteiger partial charge in [0, 0.05) is 5.56 Å². The second-order valence-electron chi connectivity index (χ2n) is 4.39. The van der Waals surface area contributed by atoms with E-state index in [-0.39, 0.29) is 12.1 Å². The summed E-state index contributed by atoms with van der Waals surface area (Å²) in [5.41, 5.74) is 1.67. The van der Waals surface area contributed by atoms with E-state index in [2.05, 4.69) is 22.6 Å². The lowest BCUT2D eigenvalue weighted by atomic mass is 10.0. The summed E-state index contributed by atoms with van der Waals surface area (Å²) >= 11 is 2.39. The maximum Gasteiger partial charge on any atom is 0.339 e. The molecule has 0 radical (unpaired) electrons. The van der Waals surface area contributed by atoms with Crippen molar-refractivity contribution in [3.63, 3.8) is 0 Å². The van der Waals surface area contributed by atoms with Crippen molar-refractivity contribution in [1.82, 2.24) is 0 Å². The summed E-state index contributed by atoms with van der Waals surface area (Å²) < 4.78 is 11.7. The van der Waals surface area contributed by atoms with Crippen LogP contribution in [0.2, 0.25) is 0 Å². The van der Waals surface area contributed by atoms with E-state index in [9.17, 15) is 4.79 Å². The summed E-state index contributed by atoms with van der Waals surface area (Å²) in [6.45, 7) is 0. The maximum atomic E-state index is 11.8. The summed E-state index contributed by atoms with van der Waals surface area (Å²) in [6, 6.07) is 5.60. The van der Waals surface area contributed by atoms with Gasteiger partial charge in [0.1, 0.15) is 11.9 Å². The van der Waals surface area contributed by atoms with Gasteiger partial charge in [-0.1, -0.05) is 35.1 Å². The summed E-state index contributed by atoms with van der Waals surface area (Å²) in [5.74, 6) is 0.485. The fraction of sp³-hybridized carbons (Fsp3) is 0.500. The van der Waals surface area contributed by atoms with Crippen LogP contribution in [0.4, 0.5) is 0 Å². The lowest BCUT2D eigenvalue weighted by Crippen LogP contribution is -1.98. The van der Waals surface area contributed by atoms with E-state index >= 15 is 0 Å². The number of benzene rings is 1. The van der Waals surface area contributed by atoms with E-state index in [1.54, 1.807) is 13.2 Å². The van der Waals surface area contributed by atoms with E-state index in [1.807, 2.05) is 12.1 Å². The van der Waals surface area contributed by atoms with Gasteiger partial charge in [-0.2, -0.15) is 0 Å². The number of methoxy groups -OCH3 is 1. The Morgan fingerprint density at radius 2 is 2.17 bits per heavy atom. The molecular formula is C14H17IO3. The first-order valence-corrected chi connectivity index (χ1v) is 7.73. The van der Waals surface area contributed by atoms with Crippen LogP contribution < -0.4 is 4.74 Å². The molecule has 0 saturated carbocycles. The molecule has 98 valence electrons. The van der Waals surface area contributed by atoms with E-state index in [0.29, 0.717) is 11.3 Å². The molecule has 0 aliphatic carbocycles. The first-order valence-electron chi connectivity index (χ1n) is 6.21. The quantitative estimate of drug-likeness (QED) is 0.334. The van der Waals surface area contributed by atoms with Crippen LogP contribution in [0.1, 0.15) is 47.7 Å². The van der Waals surface area contributed by atoms with Gasteiger partial charge in [0.2, 0.25) is 0 Å². The molecule has 1 aliphatic heterocycles. The van der Waals surface area contributed by atoms with Crippen LogP contribution in [0.3, 0.4) is 0 Å². The number of carbonyl (C=O) groups excluding carboxylic acids is 1. The number of cyclic esters (lactones) is 1. The van der Waals surface area contributed by atoms with Gasteiger partial charge in [0.05, 0.1) is 12.7 Å². The van der Waals surface area contributed by atoms with Gasteiger partial charge < -0.3 is 9.47 Å². The molecule has 0 saturated heterocycles. The maximum absolute atomic E-state index is 11.8. The molecule has 0 spiro atoms. The molecule has 3 nitrogen and oxygen atoms in total. The van der Waals surface area contributed by atoms with Crippen LogP contribution in [0.25, 0.3) is 0 Å². The van der Waals surface area contributed by atoms with Crippen LogP contribution >= 0.6 is 22.6 Å².